The van der Waals surface area contributed by atoms with Gasteiger partial charge in [-0.1, -0.05) is 23.7 Å². The highest BCUT2D eigenvalue weighted by Crippen LogP contribution is 2.30. The number of aliphatic hydroxyl groups is 1. The summed E-state index contributed by atoms with van der Waals surface area (Å²) in [6.45, 7) is 4.09. The zero-order valence-corrected chi connectivity index (χ0v) is 13.4. The van der Waals surface area contributed by atoms with Gasteiger partial charge in [-0.3, -0.25) is 4.79 Å². The number of rotatable bonds is 3. The maximum Gasteiger partial charge on any atom is 0.335 e. The van der Waals surface area contributed by atoms with Gasteiger partial charge in [-0.2, -0.15) is 0 Å². The first kappa shape index (κ1) is 16.8. The molecule has 0 saturated carbocycles. The largest absolute Gasteiger partial charge is 0.479 e. The maximum atomic E-state index is 12.8. The van der Waals surface area contributed by atoms with E-state index in [1.165, 1.54) is 0 Å². The molecular formula is C16H20ClNO4. The number of benzene rings is 1. The van der Waals surface area contributed by atoms with Crippen molar-refractivity contribution in [2.75, 3.05) is 13.1 Å². The van der Waals surface area contributed by atoms with Crippen molar-refractivity contribution in [2.24, 2.45) is 0 Å². The van der Waals surface area contributed by atoms with Gasteiger partial charge in [0, 0.05) is 31.0 Å². The molecule has 1 heterocycles. The fourth-order valence-corrected chi connectivity index (χ4v) is 2.88. The van der Waals surface area contributed by atoms with E-state index in [0.29, 0.717) is 5.02 Å². The number of carboxylic acids is 1. The van der Waals surface area contributed by atoms with Crippen LogP contribution in [0.15, 0.2) is 24.3 Å². The number of hydrogen-bond acceptors (Lipinski definition) is 3. The topological polar surface area (TPSA) is 77.8 Å². The molecular weight excluding hydrogens is 306 g/mol. The summed E-state index contributed by atoms with van der Waals surface area (Å²) in [5.74, 6) is -1.32. The van der Waals surface area contributed by atoms with Crippen LogP contribution in [-0.4, -0.2) is 45.7 Å². The van der Waals surface area contributed by atoms with E-state index >= 15 is 0 Å². The number of carbonyl (C=O) groups is 2. The molecule has 0 bridgehead atoms. The summed E-state index contributed by atoms with van der Waals surface area (Å²) in [4.78, 5) is 25.4. The summed E-state index contributed by atoms with van der Waals surface area (Å²) in [5.41, 5.74) is -1.68. The lowest BCUT2D eigenvalue weighted by Crippen LogP contribution is -2.54. The van der Waals surface area contributed by atoms with E-state index in [0.717, 1.165) is 5.56 Å². The molecule has 1 aromatic carbocycles. The van der Waals surface area contributed by atoms with Gasteiger partial charge in [0.1, 0.15) is 0 Å². The lowest BCUT2D eigenvalue weighted by molar-refractivity contribution is -0.166. The second-order valence-corrected chi connectivity index (χ2v) is 6.70. The molecule has 5 nitrogen and oxygen atoms in total. The van der Waals surface area contributed by atoms with Gasteiger partial charge >= 0.3 is 5.97 Å². The predicted molar refractivity (Wildman–Crippen MR) is 82.9 cm³/mol. The minimum atomic E-state index is -1.73. The Bertz CT molecular complexity index is 592. The number of aliphatic carboxylic acids is 1. The molecule has 2 N–H and O–H groups in total. The molecule has 1 aromatic rings. The molecule has 1 saturated heterocycles. The molecule has 22 heavy (non-hydrogen) atoms. The van der Waals surface area contributed by atoms with Gasteiger partial charge < -0.3 is 15.1 Å². The Labute approximate surface area is 134 Å². The van der Waals surface area contributed by atoms with Gasteiger partial charge in [0.25, 0.3) is 0 Å². The zero-order chi connectivity index (χ0) is 16.5. The fourth-order valence-electron chi connectivity index (χ4n) is 2.69. The highest BCUT2D eigenvalue weighted by molar-refractivity contribution is 6.30. The average molecular weight is 326 g/mol. The molecule has 2 rings (SSSR count). The smallest absolute Gasteiger partial charge is 0.335 e. The van der Waals surface area contributed by atoms with Gasteiger partial charge in [-0.05, 0) is 31.5 Å². The Balaban J connectivity index is 2.14. The van der Waals surface area contributed by atoms with Crippen LogP contribution >= 0.6 is 11.6 Å². The van der Waals surface area contributed by atoms with Crippen LogP contribution in [-0.2, 0) is 15.0 Å². The van der Waals surface area contributed by atoms with Gasteiger partial charge in [0.05, 0.1) is 5.41 Å². The van der Waals surface area contributed by atoms with Crippen molar-refractivity contribution in [1.82, 2.24) is 4.90 Å². The minimum absolute atomic E-state index is 0.0414. The Morgan fingerprint density at radius 3 is 2.36 bits per heavy atom. The van der Waals surface area contributed by atoms with E-state index in [9.17, 15) is 14.7 Å². The second-order valence-electron chi connectivity index (χ2n) is 6.26. The summed E-state index contributed by atoms with van der Waals surface area (Å²) < 4.78 is 0. The van der Waals surface area contributed by atoms with E-state index in [-0.39, 0.29) is 31.8 Å². The average Bonchev–Trinajstić information content (AvgIpc) is 2.47. The van der Waals surface area contributed by atoms with E-state index in [2.05, 4.69) is 0 Å². The van der Waals surface area contributed by atoms with Crippen LogP contribution < -0.4 is 0 Å². The molecule has 0 aromatic heterocycles. The number of nitrogens with zero attached hydrogens (tertiary/aromatic N) is 1. The van der Waals surface area contributed by atoms with E-state index in [1.54, 1.807) is 23.1 Å². The van der Waals surface area contributed by atoms with Gasteiger partial charge in [-0.25, -0.2) is 4.79 Å². The summed E-state index contributed by atoms with van der Waals surface area (Å²) >= 11 is 5.99. The Morgan fingerprint density at radius 2 is 1.86 bits per heavy atom. The first-order valence-electron chi connectivity index (χ1n) is 7.18. The zero-order valence-electron chi connectivity index (χ0n) is 12.7. The molecule has 0 aliphatic carbocycles. The Morgan fingerprint density at radius 1 is 1.27 bits per heavy atom. The molecule has 0 spiro atoms. The van der Waals surface area contributed by atoms with Crippen molar-refractivity contribution < 1.29 is 19.8 Å². The lowest BCUT2D eigenvalue weighted by atomic mass is 9.82. The van der Waals surface area contributed by atoms with Crippen molar-refractivity contribution >= 4 is 23.5 Å². The molecule has 0 atom stereocenters. The molecule has 1 aliphatic rings. The normalized spacial score (nSPS) is 18.1. The highest BCUT2D eigenvalue weighted by atomic mass is 35.5. The van der Waals surface area contributed by atoms with Crippen LogP contribution in [0.25, 0.3) is 0 Å². The quantitative estimate of drug-likeness (QED) is 0.891. The lowest BCUT2D eigenvalue weighted by Gasteiger charge is -2.39. The highest BCUT2D eigenvalue weighted by Gasteiger charge is 2.43. The molecule has 0 unspecified atom stereocenters. The van der Waals surface area contributed by atoms with Crippen LogP contribution in [0, 0.1) is 0 Å². The number of likely N-dealkylation sites (tertiary alicyclic amines) is 1. The Kier molecular flexibility index (Phi) is 4.49. The summed E-state index contributed by atoms with van der Waals surface area (Å²) in [7, 11) is 0. The van der Waals surface area contributed by atoms with Crippen molar-refractivity contribution in [3.63, 3.8) is 0 Å². The number of carboxylic acid groups (broad SMARTS) is 1. The van der Waals surface area contributed by atoms with E-state index in [1.807, 2.05) is 19.9 Å². The van der Waals surface area contributed by atoms with E-state index < -0.39 is 17.0 Å². The van der Waals surface area contributed by atoms with Crippen LogP contribution in [0.2, 0.25) is 5.02 Å². The van der Waals surface area contributed by atoms with Crippen LogP contribution in [0.5, 0.6) is 0 Å². The van der Waals surface area contributed by atoms with E-state index in [4.69, 9.17) is 16.7 Å². The van der Waals surface area contributed by atoms with Gasteiger partial charge in [0.2, 0.25) is 5.91 Å². The number of amides is 1. The molecule has 1 amide bonds. The third kappa shape index (κ3) is 3.10. The van der Waals surface area contributed by atoms with Crippen LogP contribution in [0.4, 0.5) is 0 Å². The van der Waals surface area contributed by atoms with Gasteiger partial charge in [-0.15, -0.1) is 0 Å². The third-order valence-electron chi connectivity index (χ3n) is 4.36. The molecule has 0 radical (unpaired) electrons. The number of halogens is 1. The first-order valence-corrected chi connectivity index (χ1v) is 7.56. The SMILES string of the molecule is CC(C)(C(=O)N1CCC(O)(C(=O)O)CC1)c1cccc(Cl)c1. The number of piperidine rings is 1. The molecule has 1 fully saturated rings. The standard InChI is InChI=1S/C16H20ClNO4/c1-15(2,11-4-3-5-12(17)10-11)13(19)18-8-6-16(22,7-9-18)14(20)21/h3-5,10,22H,6-9H2,1-2H3,(H,20,21). The van der Waals surface area contributed by atoms with Crippen LogP contribution in [0.1, 0.15) is 32.3 Å². The predicted octanol–water partition coefficient (Wildman–Crippen LogP) is 2.06. The first-order chi connectivity index (χ1) is 10.2. The van der Waals surface area contributed by atoms with Crippen molar-refractivity contribution in [3.8, 4) is 0 Å². The summed E-state index contributed by atoms with van der Waals surface area (Å²) in [5, 5.41) is 19.5. The minimum Gasteiger partial charge on any atom is -0.479 e. The van der Waals surface area contributed by atoms with Crippen molar-refractivity contribution in [1.29, 1.82) is 0 Å². The Hall–Kier alpha value is -1.59. The number of hydrogen-bond donors (Lipinski definition) is 2. The molecule has 1 aliphatic heterocycles. The van der Waals surface area contributed by atoms with Gasteiger partial charge in [0.15, 0.2) is 5.60 Å². The third-order valence-corrected chi connectivity index (χ3v) is 4.59. The fraction of sp³-hybridized carbons (Fsp3) is 0.500. The summed E-state index contributed by atoms with van der Waals surface area (Å²) in [6, 6.07) is 7.16. The molecule has 6 heteroatoms. The van der Waals surface area contributed by atoms with Crippen LogP contribution in [0.3, 0.4) is 0 Å². The van der Waals surface area contributed by atoms with Crippen molar-refractivity contribution in [3.05, 3.63) is 34.9 Å². The maximum absolute atomic E-state index is 12.8. The van der Waals surface area contributed by atoms with Crippen molar-refractivity contribution in [2.45, 2.75) is 37.7 Å². The summed E-state index contributed by atoms with van der Waals surface area (Å²) in [6.07, 6.45) is 0.0827. The number of carbonyl (C=O) groups excluding carboxylic acids is 1. The molecule has 120 valence electrons. The second kappa shape index (κ2) is 5.89. The monoisotopic (exact) mass is 325 g/mol.